The van der Waals surface area contributed by atoms with Crippen molar-refractivity contribution in [2.24, 2.45) is 0 Å². The number of carbonyl (C=O) groups excluding carboxylic acids is 1. The second-order valence-corrected chi connectivity index (χ2v) is 5.24. The highest BCUT2D eigenvalue weighted by Crippen LogP contribution is 2.26. The van der Waals surface area contributed by atoms with Crippen LogP contribution in [0.4, 0.5) is 15.8 Å². The highest BCUT2D eigenvalue weighted by Gasteiger charge is 2.08. The van der Waals surface area contributed by atoms with E-state index in [1.54, 1.807) is 18.2 Å². The third-order valence-electron chi connectivity index (χ3n) is 2.36. The number of nitrogens with zero attached hydrogens (tertiary/aromatic N) is 1. The molecule has 2 rings (SSSR count). The average molecular weight is 312 g/mol. The van der Waals surface area contributed by atoms with E-state index >= 15 is 0 Å². The third-order valence-corrected chi connectivity index (χ3v) is 3.75. The molecule has 20 heavy (non-hydrogen) atoms. The first-order valence-corrected chi connectivity index (χ1v) is 7.01. The minimum Gasteiger partial charge on any atom is -0.398 e. The van der Waals surface area contributed by atoms with Crippen LogP contribution in [0, 0.1) is 5.82 Å². The number of nitrogens with two attached hydrogens (primary N) is 1. The standard InChI is InChI=1S/C13H11ClFN3OS/c14-13-10(2-1-5-17-13)18-12(19)7-20-11-4-3-8(15)6-9(11)16/h1-6H,7,16H2,(H,18,19). The van der Waals surface area contributed by atoms with E-state index in [4.69, 9.17) is 17.3 Å². The summed E-state index contributed by atoms with van der Waals surface area (Å²) in [5.41, 5.74) is 6.42. The first-order chi connectivity index (χ1) is 9.56. The number of hydrogen-bond acceptors (Lipinski definition) is 4. The van der Waals surface area contributed by atoms with Crippen LogP contribution in [0.1, 0.15) is 0 Å². The Balaban J connectivity index is 1.94. The molecule has 0 aliphatic carbocycles. The van der Waals surface area contributed by atoms with Crippen LogP contribution in [0.15, 0.2) is 41.4 Å². The van der Waals surface area contributed by atoms with Crippen molar-refractivity contribution in [1.29, 1.82) is 0 Å². The predicted molar refractivity (Wildman–Crippen MR) is 79.4 cm³/mol. The summed E-state index contributed by atoms with van der Waals surface area (Å²) in [6.45, 7) is 0. The quantitative estimate of drug-likeness (QED) is 0.517. The normalized spacial score (nSPS) is 10.3. The van der Waals surface area contributed by atoms with E-state index in [1.807, 2.05) is 0 Å². The maximum absolute atomic E-state index is 12.9. The van der Waals surface area contributed by atoms with Crippen molar-refractivity contribution in [3.8, 4) is 0 Å². The number of pyridine rings is 1. The van der Waals surface area contributed by atoms with Crippen molar-refractivity contribution in [3.63, 3.8) is 0 Å². The smallest absolute Gasteiger partial charge is 0.234 e. The van der Waals surface area contributed by atoms with Crippen LogP contribution >= 0.6 is 23.4 Å². The van der Waals surface area contributed by atoms with Gasteiger partial charge in [-0.2, -0.15) is 0 Å². The van der Waals surface area contributed by atoms with Gasteiger partial charge in [-0.15, -0.1) is 11.8 Å². The third kappa shape index (κ3) is 3.85. The zero-order valence-corrected chi connectivity index (χ0v) is 11.8. The Kier molecular flexibility index (Phi) is 4.81. The fraction of sp³-hybridized carbons (Fsp3) is 0.0769. The first-order valence-electron chi connectivity index (χ1n) is 5.64. The molecule has 0 saturated heterocycles. The van der Waals surface area contributed by atoms with E-state index in [0.717, 1.165) is 0 Å². The molecule has 1 amide bonds. The van der Waals surface area contributed by atoms with Gasteiger partial charge in [0.2, 0.25) is 5.91 Å². The first kappa shape index (κ1) is 14.6. The number of amides is 1. The van der Waals surface area contributed by atoms with Crippen LogP contribution in [0.5, 0.6) is 0 Å². The zero-order valence-electron chi connectivity index (χ0n) is 10.3. The largest absolute Gasteiger partial charge is 0.398 e. The topological polar surface area (TPSA) is 68.0 Å². The van der Waals surface area contributed by atoms with Gasteiger partial charge < -0.3 is 11.1 Å². The van der Waals surface area contributed by atoms with Gasteiger partial charge in [-0.05, 0) is 30.3 Å². The molecule has 0 aliphatic heterocycles. The Labute approximate surface area is 124 Å². The lowest BCUT2D eigenvalue weighted by molar-refractivity contribution is -0.113. The Hall–Kier alpha value is -1.79. The van der Waals surface area contributed by atoms with E-state index in [2.05, 4.69) is 10.3 Å². The fourth-order valence-electron chi connectivity index (χ4n) is 1.46. The molecule has 1 aromatic heterocycles. The van der Waals surface area contributed by atoms with Crippen molar-refractivity contribution in [2.45, 2.75) is 4.90 Å². The van der Waals surface area contributed by atoms with Gasteiger partial charge >= 0.3 is 0 Å². The van der Waals surface area contributed by atoms with Gasteiger partial charge in [0.05, 0.1) is 11.4 Å². The lowest BCUT2D eigenvalue weighted by atomic mass is 10.3. The van der Waals surface area contributed by atoms with Crippen molar-refractivity contribution in [2.75, 3.05) is 16.8 Å². The van der Waals surface area contributed by atoms with Crippen LogP contribution < -0.4 is 11.1 Å². The van der Waals surface area contributed by atoms with Gasteiger partial charge in [-0.3, -0.25) is 4.79 Å². The Morgan fingerprint density at radius 2 is 2.25 bits per heavy atom. The monoisotopic (exact) mass is 311 g/mol. The maximum Gasteiger partial charge on any atom is 0.234 e. The molecule has 0 unspecified atom stereocenters. The van der Waals surface area contributed by atoms with Crippen molar-refractivity contribution >= 4 is 40.6 Å². The molecule has 104 valence electrons. The minimum atomic E-state index is -0.404. The molecule has 3 N–H and O–H groups in total. The lowest BCUT2D eigenvalue weighted by Crippen LogP contribution is -2.14. The van der Waals surface area contributed by atoms with Crippen LogP contribution in [0.25, 0.3) is 0 Å². The molecule has 0 aliphatic rings. The number of nitrogen functional groups attached to an aromatic ring is 1. The highest BCUT2D eigenvalue weighted by molar-refractivity contribution is 8.00. The Morgan fingerprint density at radius 3 is 2.95 bits per heavy atom. The SMILES string of the molecule is Nc1cc(F)ccc1SCC(=O)Nc1cccnc1Cl. The second-order valence-electron chi connectivity index (χ2n) is 3.86. The summed E-state index contributed by atoms with van der Waals surface area (Å²) in [7, 11) is 0. The number of halogens is 2. The Morgan fingerprint density at radius 1 is 1.45 bits per heavy atom. The number of anilines is 2. The van der Waals surface area contributed by atoms with Crippen LogP contribution in [0.2, 0.25) is 5.15 Å². The van der Waals surface area contributed by atoms with Gasteiger partial charge in [0, 0.05) is 16.8 Å². The molecular weight excluding hydrogens is 301 g/mol. The van der Waals surface area contributed by atoms with E-state index in [1.165, 1.54) is 30.1 Å². The van der Waals surface area contributed by atoms with Gasteiger partial charge in [-0.1, -0.05) is 11.6 Å². The molecule has 1 aromatic carbocycles. The number of hydrogen-bond donors (Lipinski definition) is 2. The molecule has 2 aromatic rings. The van der Waals surface area contributed by atoms with E-state index in [0.29, 0.717) is 16.3 Å². The molecule has 0 atom stereocenters. The van der Waals surface area contributed by atoms with E-state index in [9.17, 15) is 9.18 Å². The summed E-state index contributed by atoms with van der Waals surface area (Å²) >= 11 is 7.06. The average Bonchev–Trinajstić information content (AvgIpc) is 2.40. The molecule has 0 saturated carbocycles. The molecule has 4 nitrogen and oxygen atoms in total. The molecule has 0 radical (unpaired) electrons. The summed E-state index contributed by atoms with van der Waals surface area (Å²) < 4.78 is 12.9. The van der Waals surface area contributed by atoms with Crippen molar-refractivity contribution < 1.29 is 9.18 Å². The van der Waals surface area contributed by atoms with Gasteiger partial charge in [-0.25, -0.2) is 9.37 Å². The summed E-state index contributed by atoms with van der Waals surface area (Å²) in [5.74, 6) is -0.506. The van der Waals surface area contributed by atoms with Crippen molar-refractivity contribution in [3.05, 3.63) is 47.5 Å². The van der Waals surface area contributed by atoms with Gasteiger partial charge in [0.15, 0.2) is 5.15 Å². The van der Waals surface area contributed by atoms with Crippen LogP contribution in [-0.4, -0.2) is 16.6 Å². The van der Waals surface area contributed by atoms with Crippen LogP contribution in [-0.2, 0) is 4.79 Å². The number of carbonyl (C=O) groups is 1. The molecule has 0 bridgehead atoms. The van der Waals surface area contributed by atoms with E-state index in [-0.39, 0.29) is 16.8 Å². The maximum atomic E-state index is 12.9. The Bertz CT molecular complexity index is 639. The van der Waals surface area contributed by atoms with Crippen molar-refractivity contribution in [1.82, 2.24) is 4.98 Å². The second kappa shape index (κ2) is 6.58. The zero-order chi connectivity index (χ0) is 14.5. The highest BCUT2D eigenvalue weighted by atomic mass is 35.5. The van der Waals surface area contributed by atoms with Gasteiger partial charge in [0.1, 0.15) is 5.82 Å². The number of nitrogens with one attached hydrogen (secondary N) is 1. The molecule has 7 heteroatoms. The number of thioether (sulfide) groups is 1. The number of aromatic nitrogens is 1. The summed E-state index contributed by atoms with van der Waals surface area (Å²) in [5, 5.41) is 2.87. The summed E-state index contributed by atoms with van der Waals surface area (Å²) in [6.07, 6.45) is 1.53. The number of rotatable bonds is 4. The molecular formula is C13H11ClFN3OS. The molecule has 0 fully saturated rings. The molecule has 1 heterocycles. The number of benzene rings is 1. The summed E-state index contributed by atoms with van der Waals surface area (Å²) in [6, 6.07) is 7.39. The molecule has 0 spiro atoms. The fourth-order valence-corrected chi connectivity index (χ4v) is 2.37. The summed E-state index contributed by atoms with van der Waals surface area (Å²) in [4.78, 5) is 16.3. The van der Waals surface area contributed by atoms with Gasteiger partial charge in [0.25, 0.3) is 0 Å². The van der Waals surface area contributed by atoms with Crippen LogP contribution in [0.3, 0.4) is 0 Å². The minimum absolute atomic E-state index is 0.140. The van der Waals surface area contributed by atoms with E-state index < -0.39 is 5.82 Å². The predicted octanol–water partition coefficient (Wildman–Crippen LogP) is 3.19. The lowest BCUT2D eigenvalue weighted by Gasteiger charge is -2.07.